The first-order chi connectivity index (χ1) is 16.4. The summed E-state index contributed by atoms with van der Waals surface area (Å²) in [7, 11) is 1.64. The molecule has 10 heteroatoms. The molecule has 34 heavy (non-hydrogen) atoms. The maximum atomic E-state index is 12.2. The largest absolute Gasteiger partial charge is 0.378 e. The molecule has 3 aromatic rings. The Labute approximate surface area is 195 Å². The van der Waals surface area contributed by atoms with Crippen molar-refractivity contribution in [3.63, 3.8) is 0 Å². The normalized spacial score (nSPS) is 20.5. The number of carbonyl (C=O) groups excluding carboxylic acids is 2. The molecule has 5 rings (SSSR count). The number of ether oxygens (including phenoxy) is 1. The van der Waals surface area contributed by atoms with Gasteiger partial charge >= 0.3 is 0 Å². The Hall–Kier alpha value is -3.94. The van der Waals surface area contributed by atoms with E-state index in [4.69, 9.17) is 15.5 Å². The predicted molar refractivity (Wildman–Crippen MR) is 124 cm³/mol. The number of aliphatic hydroxyl groups is 1. The van der Waals surface area contributed by atoms with E-state index in [1.165, 1.54) is 4.90 Å². The molecule has 4 heterocycles. The SMILES string of the molecule is CN1CC[C@@](O)(C#Cc2cccc(-n3nc(C(N)=O)c4ccc(N5CCOCC5)nc43)c2)C1=O. The zero-order valence-electron chi connectivity index (χ0n) is 18.7. The van der Waals surface area contributed by atoms with Crippen molar-refractivity contribution in [2.75, 3.05) is 44.8 Å². The van der Waals surface area contributed by atoms with Gasteiger partial charge in [0.2, 0.25) is 5.60 Å². The minimum Gasteiger partial charge on any atom is -0.378 e. The molecule has 3 N–H and O–H groups in total. The Kier molecular flexibility index (Phi) is 5.43. The lowest BCUT2D eigenvalue weighted by atomic mass is 10.0. The van der Waals surface area contributed by atoms with Crippen molar-refractivity contribution in [2.24, 2.45) is 5.73 Å². The number of benzene rings is 1. The van der Waals surface area contributed by atoms with Gasteiger partial charge in [0.15, 0.2) is 11.3 Å². The molecule has 2 fully saturated rings. The zero-order valence-corrected chi connectivity index (χ0v) is 18.7. The van der Waals surface area contributed by atoms with Crippen molar-refractivity contribution in [1.82, 2.24) is 19.7 Å². The number of amides is 2. The third-order valence-corrected chi connectivity index (χ3v) is 6.10. The molecule has 0 aliphatic carbocycles. The summed E-state index contributed by atoms with van der Waals surface area (Å²) in [6.45, 7) is 3.14. The Morgan fingerprint density at radius 2 is 2.00 bits per heavy atom. The number of hydrogen-bond donors (Lipinski definition) is 2. The molecule has 2 saturated heterocycles. The highest BCUT2D eigenvalue weighted by molar-refractivity contribution is 6.03. The predicted octanol–water partition coefficient (Wildman–Crippen LogP) is 0.301. The number of morpholine rings is 1. The fourth-order valence-corrected chi connectivity index (χ4v) is 4.18. The standard InChI is InChI=1S/C24H24N6O4/c1-28-10-9-24(33,23(28)32)8-7-16-3-2-4-17(15-16)30-22-18(20(27-30)21(25)31)5-6-19(26-22)29-11-13-34-14-12-29/h2-6,15,33H,9-14H2,1H3,(H2,25,31)/t24-/m0/s1. The van der Waals surface area contributed by atoms with Crippen molar-refractivity contribution in [1.29, 1.82) is 0 Å². The van der Waals surface area contributed by atoms with Gasteiger partial charge in [-0.3, -0.25) is 9.59 Å². The highest BCUT2D eigenvalue weighted by Gasteiger charge is 2.42. The van der Waals surface area contributed by atoms with E-state index in [0.29, 0.717) is 42.0 Å². The highest BCUT2D eigenvalue weighted by atomic mass is 16.5. The van der Waals surface area contributed by atoms with Gasteiger partial charge < -0.3 is 25.4 Å². The number of carbonyl (C=O) groups is 2. The number of aromatic nitrogens is 3. The third-order valence-electron chi connectivity index (χ3n) is 6.10. The topological polar surface area (TPSA) is 127 Å². The number of fused-ring (bicyclic) bond motifs is 1. The van der Waals surface area contributed by atoms with Crippen LogP contribution in [0.2, 0.25) is 0 Å². The minimum atomic E-state index is -1.68. The van der Waals surface area contributed by atoms with Crippen LogP contribution in [-0.2, 0) is 9.53 Å². The van der Waals surface area contributed by atoms with Crippen LogP contribution in [0.4, 0.5) is 5.82 Å². The van der Waals surface area contributed by atoms with Gasteiger partial charge in [-0.25, -0.2) is 9.67 Å². The van der Waals surface area contributed by atoms with Crippen LogP contribution >= 0.6 is 0 Å². The van der Waals surface area contributed by atoms with Crippen LogP contribution in [0.15, 0.2) is 36.4 Å². The minimum absolute atomic E-state index is 0.126. The van der Waals surface area contributed by atoms with Gasteiger partial charge in [-0.2, -0.15) is 5.10 Å². The zero-order chi connectivity index (χ0) is 23.9. The maximum absolute atomic E-state index is 12.2. The summed E-state index contributed by atoms with van der Waals surface area (Å²) in [5.41, 5.74) is 5.73. The van der Waals surface area contributed by atoms with Crippen LogP contribution < -0.4 is 10.6 Å². The van der Waals surface area contributed by atoms with Crippen LogP contribution in [-0.4, -0.2) is 82.1 Å². The average Bonchev–Trinajstić information content (AvgIpc) is 3.37. The molecule has 0 unspecified atom stereocenters. The summed E-state index contributed by atoms with van der Waals surface area (Å²) in [6.07, 6.45) is 0.259. The van der Waals surface area contributed by atoms with E-state index in [0.717, 1.165) is 18.9 Å². The molecule has 10 nitrogen and oxygen atoms in total. The number of likely N-dealkylation sites (tertiary alicyclic amines) is 1. The number of pyridine rings is 1. The maximum Gasteiger partial charge on any atom is 0.269 e. The number of nitrogens with two attached hydrogens (primary N) is 1. The summed E-state index contributed by atoms with van der Waals surface area (Å²) in [5.74, 6) is 5.34. The lowest BCUT2D eigenvalue weighted by Crippen LogP contribution is -2.37. The molecule has 2 aliphatic heterocycles. The highest BCUT2D eigenvalue weighted by Crippen LogP contribution is 2.25. The first-order valence-electron chi connectivity index (χ1n) is 11.0. The number of rotatable bonds is 3. The van der Waals surface area contributed by atoms with E-state index in [2.05, 4.69) is 21.8 Å². The van der Waals surface area contributed by atoms with Crippen LogP contribution in [0.3, 0.4) is 0 Å². The van der Waals surface area contributed by atoms with Gasteiger partial charge in [0.25, 0.3) is 11.8 Å². The molecule has 1 atom stereocenters. The Morgan fingerprint density at radius 3 is 2.71 bits per heavy atom. The van der Waals surface area contributed by atoms with E-state index < -0.39 is 17.4 Å². The fraction of sp³-hybridized carbons (Fsp3) is 0.333. The molecule has 2 aliphatic rings. The first kappa shape index (κ1) is 21.9. The Balaban J connectivity index is 1.56. The molecule has 2 aromatic heterocycles. The summed E-state index contributed by atoms with van der Waals surface area (Å²) in [6, 6.07) is 10.8. The summed E-state index contributed by atoms with van der Waals surface area (Å²) in [4.78, 5) is 32.6. The molecular formula is C24H24N6O4. The molecular weight excluding hydrogens is 436 g/mol. The van der Waals surface area contributed by atoms with E-state index in [-0.39, 0.29) is 12.1 Å². The molecule has 0 spiro atoms. The van der Waals surface area contributed by atoms with Crippen molar-refractivity contribution in [3.8, 4) is 17.5 Å². The number of hydrogen-bond acceptors (Lipinski definition) is 7. The number of anilines is 1. The van der Waals surface area contributed by atoms with E-state index in [1.54, 1.807) is 36.0 Å². The lowest BCUT2D eigenvalue weighted by molar-refractivity contribution is -0.137. The van der Waals surface area contributed by atoms with Crippen molar-refractivity contribution in [2.45, 2.75) is 12.0 Å². The number of likely N-dealkylation sites (N-methyl/N-ethyl adjacent to an activating group) is 1. The molecule has 1 aromatic carbocycles. The second-order valence-electron chi connectivity index (χ2n) is 8.40. The van der Waals surface area contributed by atoms with Gasteiger partial charge in [-0.15, -0.1) is 0 Å². The van der Waals surface area contributed by atoms with Crippen LogP contribution in [0.5, 0.6) is 0 Å². The summed E-state index contributed by atoms with van der Waals surface area (Å²) >= 11 is 0. The van der Waals surface area contributed by atoms with Crippen LogP contribution in [0.1, 0.15) is 22.5 Å². The number of primary amides is 1. The smallest absolute Gasteiger partial charge is 0.269 e. The van der Waals surface area contributed by atoms with Gasteiger partial charge in [0.1, 0.15) is 5.82 Å². The summed E-state index contributed by atoms with van der Waals surface area (Å²) in [5, 5.41) is 15.6. The summed E-state index contributed by atoms with van der Waals surface area (Å²) < 4.78 is 6.99. The van der Waals surface area contributed by atoms with E-state index >= 15 is 0 Å². The van der Waals surface area contributed by atoms with Gasteiger partial charge in [0.05, 0.1) is 24.3 Å². The first-order valence-corrected chi connectivity index (χ1v) is 11.0. The van der Waals surface area contributed by atoms with Crippen molar-refractivity contribution in [3.05, 3.63) is 47.7 Å². The van der Waals surface area contributed by atoms with Gasteiger partial charge in [-0.1, -0.05) is 17.9 Å². The van der Waals surface area contributed by atoms with E-state index in [9.17, 15) is 14.7 Å². The molecule has 2 amide bonds. The molecule has 0 radical (unpaired) electrons. The Morgan fingerprint density at radius 1 is 1.21 bits per heavy atom. The van der Waals surface area contributed by atoms with Crippen molar-refractivity contribution >= 4 is 28.7 Å². The van der Waals surface area contributed by atoms with Crippen molar-refractivity contribution < 1.29 is 19.4 Å². The van der Waals surface area contributed by atoms with Gasteiger partial charge in [0, 0.05) is 38.7 Å². The monoisotopic (exact) mass is 460 g/mol. The second kappa shape index (κ2) is 8.44. The number of nitrogens with zero attached hydrogens (tertiary/aromatic N) is 5. The molecule has 0 saturated carbocycles. The van der Waals surface area contributed by atoms with Crippen LogP contribution in [0.25, 0.3) is 16.7 Å². The third kappa shape index (κ3) is 3.85. The second-order valence-corrected chi connectivity index (χ2v) is 8.40. The fourth-order valence-electron chi connectivity index (χ4n) is 4.18. The average molecular weight is 460 g/mol. The van der Waals surface area contributed by atoms with Gasteiger partial charge in [-0.05, 0) is 30.3 Å². The molecule has 174 valence electrons. The lowest BCUT2D eigenvalue weighted by Gasteiger charge is -2.27. The van der Waals surface area contributed by atoms with E-state index in [1.807, 2.05) is 12.1 Å². The van der Waals surface area contributed by atoms with Crippen LogP contribution in [0, 0.1) is 11.8 Å². The Bertz CT molecular complexity index is 1350. The molecule has 0 bridgehead atoms. The quantitative estimate of drug-likeness (QED) is 0.538.